The highest BCUT2D eigenvalue weighted by Gasteiger charge is 2.26. The number of aromatic hydroxyl groups is 1. The second kappa shape index (κ2) is 9.40. The van der Waals surface area contributed by atoms with Crippen LogP contribution < -0.4 is 5.43 Å². The summed E-state index contributed by atoms with van der Waals surface area (Å²) in [5, 5.41) is 15.6. The summed E-state index contributed by atoms with van der Waals surface area (Å²) in [7, 11) is 0. The summed E-state index contributed by atoms with van der Waals surface area (Å²) in [5.74, 6) is 0.137. The molecule has 2 aromatic carbocycles. The maximum absolute atomic E-state index is 12.3. The van der Waals surface area contributed by atoms with Crippen molar-refractivity contribution in [1.29, 1.82) is 0 Å². The van der Waals surface area contributed by atoms with Crippen molar-refractivity contribution in [3.05, 3.63) is 62.6 Å². The van der Waals surface area contributed by atoms with Gasteiger partial charge in [-0.15, -0.1) is 0 Å². The molecule has 0 heterocycles. The minimum Gasteiger partial charge on any atom is -0.507 e. The maximum Gasteiger partial charge on any atom is 0.240 e. The van der Waals surface area contributed by atoms with E-state index in [1.54, 1.807) is 18.2 Å². The first-order valence-corrected chi connectivity index (χ1v) is 10.7. The Labute approximate surface area is 189 Å². The van der Waals surface area contributed by atoms with E-state index >= 15 is 0 Å². The zero-order valence-corrected chi connectivity index (χ0v) is 19.9. The molecule has 0 fully saturated rings. The predicted octanol–water partition coefficient (Wildman–Crippen LogP) is 6.38. The molecule has 2 aromatic rings. The van der Waals surface area contributed by atoms with Crippen molar-refractivity contribution in [2.75, 3.05) is 0 Å². The highest BCUT2D eigenvalue weighted by Crippen LogP contribution is 2.40. The number of amides is 1. The van der Waals surface area contributed by atoms with Gasteiger partial charge in [-0.05, 0) is 40.0 Å². The van der Waals surface area contributed by atoms with Crippen LogP contribution in [0.5, 0.6) is 5.75 Å². The Morgan fingerprint density at radius 1 is 1.07 bits per heavy atom. The van der Waals surface area contributed by atoms with Crippen LogP contribution in [0.15, 0.2) is 35.4 Å². The predicted molar refractivity (Wildman–Crippen MR) is 126 cm³/mol. The van der Waals surface area contributed by atoms with Crippen LogP contribution in [-0.2, 0) is 22.0 Å². The van der Waals surface area contributed by atoms with Crippen molar-refractivity contribution < 1.29 is 9.90 Å². The zero-order chi connectivity index (χ0) is 22.7. The first kappa shape index (κ1) is 24.2. The number of hydrogen-bond acceptors (Lipinski definition) is 3. The summed E-state index contributed by atoms with van der Waals surface area (Å²) in [6, 6.07) is 9.21. The number of hydrazone groups is 1. The number of carbonyl (C=O) groups excluding carboxylic acids is 1. The number of nitrogens with zero attached hydrogens (tertiary/aromatic N) is 1. The van der Waals surface area contributed by atoms with Gasteiger partial charge in [-0.25, -0.2) is 5.43 Å². The van der Waals surface area contributed by atoms with E-state index in [1.165, 1.54) is 6.21 Å². The number of hydrogen-bond donors (Lipinski definition) is 2. The molecule has 0 aliphatic carbocycles. The smallest absolute Gasteiger partial charge is 0.240 e. The quantitative estimate of drug-likeness (QED) is 0.411. The highest BCUT2D eigenvalue weighted by molar-refractivity contribution is 6.43. The van der Waals surface area contributed by atoms with Gasteiger partial charge in [0.2, 0.25) is 5.91 Å². The van der Waals surface area contributed by atoms with Crippen LogP contribution in [0.4, 0.5) is 0 Å². The van der Waals surface area contributed by atoms with E-state index < -0.39 is 0 Å². The van der Waals surface area contributed by atoms with E-state index in [1.807, 2.05) is 12.1 Å². The molecule has 4 nitrogen and oxygen atoms in total. The third-order valence-corrected chi connectivity index (χ3v) is 5.63. The first-order valence-electron chi connectivity index (χ1n) is 9.93. The molecule has 2 N–H and O–H groups in total. The van der Waals surface area contributed by atoms with E-state index in [-0.39, 0.29) is 23.2 Å². The van der Waals surface area contributed by atoms with E-state index in [9.17, 15) is 9.90 Å². The van der Waals surface area contributed by atoms with Crippen molar-refractivity contribution in [1.82, 2.24) is 5.43 Å². The minimum atomic E-state index is -0.205. The Kier molecular flexibility index (Phi) is 7.59. The lowest BCUT2D eigenvalue weighted by Gasteiger charge is -2.28. The average molecular weight is 449 g/mol. The van der Waals surface area contributed by atoms with Gasteiger partial charge in [-0.1, -0.05) is 89.0 Å². The Morgan fingerprint density at radius 2 is 1.63 bits per heavy atom. The molecule has 162 valence electrons. The molecule has 0 spiro atoms. The molecule has 30 heavy (non-hydrogen) atoms. The summed E-state index contributed by atoms with van der Waals surface area (Å²) < 4.78 is 0. The number of nitrogens with one attached hydrogen (secondary N) is 1. The van der Waals surface area contributed by atoms with Crippen molar-refractivity contribution in [3.8, 4) is 5.75 Å². The van der Waals surface area contributed by atoms with E-state index in [4.69, 9.17) is 23.2 Å². The molecule has 0 saturated heterocycles. The second-order valence-electron chi connectivity index (χ2n) is 9.48. The Morgan fingerprint density at radius 3 is 2.17 bits per heavy atom. The fraction of sp³-hybridized carbons (Fsp3) is 0.417. The number of aryl methyl sites for hydroxylation is 1. The van der Waals surface area contributed by atoms with Crippen LogP contribution in [0.2, 0.25) is 10.0 Å². The van der Waals surface area contributed by atoms with Crippen LogP contribution in [0.3, 0.4) is 0 Å². The van der Waals surface area contributed by atoms with Gasteiger partial charge in [0.15, 0.2) is 0 Å². The molecule has 0 atom stereocenters. The topological polar surface area (TPSA) is 61.7 Å². The first-order chi connectivity index (χ1) is 13.8. The second-order valence-corrected chi connectivity index (χ2v) is 10.3. The normalized spacial score (nSPS) is 12.4. The minimum absolute atomic E-state index is 0.202. The molecule has 0 aliphatic heterocycles. The van der Waals surface area contributed by atoms with Crippen LogP contribution in [-0.4, -0.2) is 17.2 Å². The molecule has 0 radical (unpaired) electrons. The monoisotopic (exact) mass is 448 g/mol. The van der Waals surface area contributed by atoms with Crippen molar-refractivity contribution >= 4 is 35.3 Å². The molecular formula is C24H30Cl2N2O2. The van der Waals surface area contributed by atoms with Gasteiger partial charge in [-0.2, -0.15) is 5.10 Å². The van der Waals surface area contributed by atoms with Gasteiger partial charge in [0.05, 0.1) is 16.3 Å². The van der Waals surface area contributed by atoms with Gasteiger partial charge < -0.3 is 5.11 Å². The Bertz CT molecular complexity index is 920. The molecule has 6 heteroatoms. The maximum atomic E-state index is 12.3. The van der Waals surface area contributed by atoms with Crippen molar-refractivity contribution in [2.45, 2.75) is 65.2 Å². The lowest BCUT2D eigenvalue weighted by Crippen LogP contribution is -2.20. The average Bonchev–Trinajstić information content (AvgIpc) is 2.62. The molecule has 0 saturated carbocycles. The van der Waals surface area contributed by atoms with E-state index in [0.717, 1.165) is 16.7 Å². The molecule has 1 amide bonds. The van der Waals surface area contributed by atoms with Gasteiger partial charge in [-0.3, -0.25) is 4.79 Å². The number of halogens is 2. The van der Waals surface area contributed by atoms with Gasteiger partial charge in [0, 0.05) is 12.0 Å². The lowest BCUT2D eigenvalue weighted by molar-refractivity contribution is -0.121. The van der Waals surface area contributed by atoms with Crippen molar-refractivity contribution in [3.63, 3.8) is 0 Å². The Balaban J connectivity index is 2.12. The number of rotatable bonds is 5. The SMILES string of the molecule is CC(C)(C)c1cc(CCC(=O)N/N=C\c2cccc(Cl)c2Cl)cc(C(C)(C)C)c1O. The summed E-state index contributed by atoms with van der Waals surface area (Å²) >= 11 is 12.1. The zero-order valence-electron chi connectivity index (χ0n) is 18.4. The lowest BCUT2D eigenvalue weighted by atomic mass is 9.78. The molecule has 0 aliphatic rings. The highest BCUT2D eigenvalue weighted by atomic mass is 35.5. The van der Waals surface area contributed by atoms with Crippen LogP contribution in [0.1, 0.15) is 70.2 Å². The molecule has 0 bridgehead atoms. The third-order valence-electron chi connectivity index (χ3n) is 4.80. The number of carbonyl (C=O) groups is 1. The van der Waals surface area contributed by atoms with Gasteiger partial charge >= 0.3 is 0 Å². The van der Waals surface area contributed by atoms with E-state index in [0.29, 0.717) is 27.8 Å². The fourth-order valence-electron chi connectivity index (χ4n) is 3.09. The van der Waals surface area contributed by atoms with Crippen molar-refractivity contribution in [2.24, 2.45) is 5.10 Å². The molecule has 2 rings (SSSR count). The number of phenolic OH excluding ortho intramolecular Hbond substituents is 1. The number of benzene rings is 2. The third kappa shape index (κ3) is 6.23. The summed E-state index contributed by atoms with van der Waals surface area (Å²) in [4.78, 5) is 12.3. The van der Waals surface area contributed by atoms with Gasteiger partial charge in [0.25, 0.3) is 0 Å². The van der Waals surface area contributed by atoms with E-state index in [2.05, 4.69) is 52.1 Å². The Hall–Kier alpha value is -2.04. The molecule has 0 unspecified atom stereocenters. The van der Waals surface area contributed by atoms with Crippen LogP contribution in [0.25, 0.3) is 0 Å². The van der Waals surface area contributed by atoms with Gasteiger partial charge in [0.1, 0.15) is 5.75 Å². The summed E-state index contributed by atoms with van der Waals surface area (Å²) in [6.45, 7) is 12.4. The summed E-state index contributed by atoms with van der Waals surface area (Å²) in [5.41, 5.74) is 5.54. The fourth-order valence-corrected chi connectivity index (χ4v) is 3.45. The van der Waals surface area contributed by atoms with Crippen LogP contribution in [0, 0.1) is 0 Å². The summed E-state index contributed by atoms with van der Waals surface area (Å²) in [6.07, 6.45) is 2.30. The standard InChI is InChI=1S/C24H30Cl2N2O2/c1-23(2,3)17-12-15(13-18(22(17)30)24(4,5)6)10-11-20(29)28-27-14-16-8-7-9-19(25)21(16)26/h7-9,12-14,30H,10-11H2,1-6H3,(H,28,29)/b27-14-. The van der Waals surface area contributed by atoms with Crippen LogP contribution >= 0.6 is 23.2 Å². The molecule has 0 aromatic heterocycles. The number of phenols is 1. The molecular weight excluding hydrogens is 419 g/mol. The largest absolute Gasteiger partial charge is 0.507 e.